The zero-order chi connectivity index (χ0) is 12.9. The van der Waals surface area contributed by atoms with Crippen molar-refractivity contribution < 1.29 is 0 Å². The van der Waals surface area contributed by atoms with Crippen LogP contribution in [0.4, 0.5) is 11.6 Å². The highest BCUT2D eigenvalue weighted by Gasteiger charge is 2.03. The molecule has 3 heterocycles. The fraction of sp³-hybridized carbons (Fsp3) is 0. The molecule has 0 aliphatic heterocycles. The number of hydrogen-bond acceptors (Lipinski definition) is 5. The maximum Gasteiger partial charge on any atom is 0.150 e. The van der Waals surface area contributed by atoms with Gasteiger partial charge in [-0.3, -0.25) is 9.97 Å². The molecule has 0 amide bonds. The molecule has 5 nitrogen and oxygen atoms in total. The molecule has 92 valence electrons. The molecule has 0 atom stereocenters. The molecule has 0 fully saturated rings. The molecule has 3 rings (SSSR count). The smallest absolute Gasteiger partial charge is 0.150 e. The second-order valence-electron chi connectivity index (χ2n) is 3.84. The molecule has 0 aromatic carbocycles. The normalized spacial score (nSPS) is 10.1. The minimum Gasteiger partial charge on any atom is -0.324 e. The lowest BCUT2D eigenvalue weighted by Crippen LogP contribution is -1.98. The molecule has 0 spiro atoms. The van der Waals surface area contributed by atoms with E-state index in [0.29, 0.717) is 5.82 Å². The van der Waals surface area contributed by atoms with Gasteiger partial charge < -0.3 is 5.32 Å². The zero-order valence-electron chi connectivity index (χ0n) is 10.1. The Bertz CT molecular complexity index is 655. The van der Waals surface area contributed by atoms with Gasteiger partial charge in [0, 0.05) is 12.4 Å². The van der Waals surface area contributed by atoms with Gasteiger partial charge in [-0.2, -0.15) is 0 Å². The largest absolute Gasteiger partial charge is 0.324 e. The van der Waals surface area contributed by atoms with Crippen molar-refractivity contribution in [2.24, 2.45) is 0 Å². The Labute approximate surface area is 110 Å². The summed E-state index contributed by atoms with van der Waals surface area (Å²) in [5.74, 6) is 1.37. The fourth-order valence-corrected chi connectivity index (χ4v) is 1.63. The van der Waals surface area contributed by atoms with E-state index in [9.17, 15) is 0 Å². The molecule has 0 bridgehead atoms. The Hall–Kier alpha value is -2.82. The van der Waals surface area contributed by atoms with Crippen molar-refractivity contribution in [1.82, 2.24) is 19.9 Å². The molecule has 0 unspecified atom stereocenters. The molecule has 3 aromatic rings. The van der Waals surface area contributed by atoms with Crippen molar-refractivity contribution in [1.29, 1.82) is 0 Å². The highest BCUT2D eigenvalue weighted by molar-refractivity contribution is 5.57. The Balaban J connectivity index is 1.89. The maximum atomic E-state index is 4.46. The third-order valence-electron chi connectivity index (χ3n) is 2.48. The lowest BCUT2D eigenvalue weighted by molar-refractivity contribution is 1.16. The van der Waals surface area contributed by atoms with E-state index in [1.54, 1.807) is 24.8 Å². The van der Waals surface area contributed by atoms with Crippen molar-refractivity contribution in [3.63, 3.8) is 0 Å². The van der Waals surface area contributed by atoms with Crippen LogP contribution in [0.15, 0.2) is 61.2 Å². The number of aromatic nitrogens is 4. The van der Waals surface area contributed by atoms with Crippen LogP contribution in [0.1, 0.15) is 0 Å². The van der Waals surface area contributed by atoms with Crippen molar-refractivity contribution in [2.75, 3.05) is 5.32 Å². The molecular formula is C14H11N5. The fourth-order valence-electron chi connectivity index (χ4n) is 1.63. The molecule has 19 heavy (non-hydrogen) atoms. The summed E-state index contributed by atoms with van der Waals surface area (Å²) in [5.41, 5.74) is 1.52. The Kier molecular flexibility index (Phi) is 3.10. The van der Waals surface area contributed by atoms with E-state index in [2.05, 4.69) is 25.3 Å². The lowest BCUT2D eigenvalue weighted by atomic mass is 10.3. The van der Waals surface area contributed by atoms with Gasteiger partial charge in [0.25, 0.3) is 0 Å². The number of pyridine rings is 2. The van der Waals surface area contributed by atoms with Crippen LogP contribution in [0, 0.1) is 0 Å². The van der Waals surface area contributed by atoms with Crippen molar-refractivity contribution in [3.05, 3.63) is 61.2 Å². The van der Waals surface area contributed by atoms with Gasteiger partial charge in [-0.15, -0.1) is 0 Å². The van der Waals surface area contributed by atoms with E-state index in [4.69, 9.17) is 0 Å². The highest BCUT2D eigenvalue weighted by atomic mass is 15.1. The third-order valence-corrected chi connectivity index (χ3v) is 2.48. The maximum absolute atomic E-state index is 4.46. The summed E-state index contributed by atoms with van der Waals surface area (Å²) in [4.78, 5) is 17.1. The third kappa shape index (κ3) is 2.71. The topological polar surface area (TPSA) is 63.6 Å². The predicted molar refractivity (Wildman–Crippen MR) is 72.8 cm³/mol. The zero-order valence-corrected chi connectivity index (χ0v) is 10.1. The van der Waals surface area contributed by atoms with E-state index in [-0.39, 0.29) is 0 Å². The number of nitrogens with zero attached hydrogens (tertiary/aromatic N) is 4. The van der Waals surface area contributed by atoms with E-state index in [0.717, 1.165) is 17.2 Å². The van der Waals surface area contributed by atoms with Crippen LogP contribution < -0.4 is 5.32 Å². The van der Waals surface area contributed by atoms with Gasteiger partial charge in [-0.25, -0.2) is 9.97 Å². The Morgan fingerprint density at radius 3 is 2.32 bits per heavy atom. The van der Waals surface area contributed by atoms with Crippen LogP contribution in [0.25, 0.3) is 11.4 Å². The number of hydrogen-bond donors (Lipinski definition) is 1. The highest BCUT2D eigenvalue weighted by Crippen LogP contribution is 2.16. The van der Waals surface area contributed by atoms with Gasteiger partial charge >= 0.3 is 0 Å². The Morgan fingerprint density at radius 2 is 1.58 bits per heavy atom. The molecule has 0 aliphatic carbocycles. The molecule has 0 aliphatic rings. The van der Waals surface area contributed by atoms with Gasteiger partial charge in [0.2, 0.25) is 0 Å². The van der Waals surface area contributed by atoms with Crippen LogP contribution in [-0.2, 0) is 0 Å². The monoisotopic (exact) mass is 249 g/mol. The number of nitrogens with one attached hydrogen (secondary N) is 1. The van der Waals surface area contributed by atoms with Gasteiger partial charge in [-0.1, -0.05) is 12.1 Å². The van der Waals surface area contributed by atoms with Crippen LogP contribution in [0.3, 0.4) is 0 Å². The average Bonchev–Trinajstić information content (AvgIpc) is 2.49. The van der Waals surface area contributed by atoms with Crippen molar-refractivity contribution >= 4 is 11.6 Å². The second kappa shape index (κ2) is 5.22. The average molecular weight is 249 g/mol. The van der Waals surface area contributed by atoms with Gasteiger partial charge in [-0.05, 0) is 24.3 Å². The second-order valence-corrected chi connectivity index (χ2v) is 3.84. The Morgan fingerprint density at radius 1 is 0.737 bits per heavy atom. The van der Waals surface area contributed by atoms with Gasteiger partial charge in [0.05, 0.1) is 18.1 Å². The first-order valence-corrected chi connectivity index (χ1v) is 5.83. The first kappa shape index (κ1) is 11.3. The van der Waals surface area contributed by atoms with Crippen LogP contribution in [-0.4, -0.2) is 19.9 Å². The quantitative estimate of drug-likeness (QED) is 0.773. The summed E-state index contributed by atoms with van der Waals surface area (Å²) in [7, 11) is 0. The molecule has 0 saturated carbocycles. The summed E-state index contributed by atoms with van der Waals surface area (Å²) < 4.78 is 0. The molecule has 0 saturated heterocycles. The van der Waals surface area contributed by atoms with Crippen LogP contribution in [0.2, 0.25) is 0 Å². The summed E-state index contributed by atoms with van der Waals surface area (Å²) >= 11 is 0. The summed E-state index contributed by atoms with van der Waals surface area (Å²) in [6.45, 7) is 0. The lowest BCUT2D eigenvalue weighted by Gasteiger charge is -2.05. The van der Waals surface area contributed by atoms with E-state index < -0.39 is 0 Å². The minimum absolute atomic E-state index is 0.641. The minimum atomic E-state index is 0.641. The van der Waals surface area contributed by atoms with E-state index >= 15 is 0 Å². The summed E-state index contributed by atoms with van der Waals surface area (Å²) in [6, 6.07) is 11.3. The van der Waals surface area contributed by atoms with Crippen molar-refractivity contribution in [2.45, 2.75) is 0 Å². The summed E-state index contributed by atoms with van der Waals surface area (Å²) in [5, 5.41) is 3.10. The SMILES string of the molecule is c1ccc(Nc2cncc(-c3ccccn3)n2)nc1. The van der Waals surface area contributed by atoms with Gasteiger partial charge in [0.1, 0.15) is 11.5 Å². The first-order valence-electron chi connectivity index (χ1n) is 5.83. The van der Waals surface area contributed by atoms with Gasteiger partial charge in [0.15, 0.2) is 5.82 Å². The standard InChI is InChI=1S/C14H11N5/c1-3-7-16-11(5-1)12-9-15-10-14(18-12)19-13-6-2-4-8-17-13/h1-10H,(H,17,18,19). The molecule has 0 radical (unpaired) electrons. The molecular weight excluding hydrogens is 238 g/mol. The number of anilines is 2. The molecule has 3 aromatic heterocycles. The van der Waals surface area contributed by atoms with E-state index in [1.807, 2.05) is 36.4 Å². The predicted octanol–water partition coefficient (Wildman–Crippen LogP) is 2.68. The van der Waals surface area contributed by atoms with Crippen LogP contribution in [0.5, 0.6) is 0 Å². The molecule has 5 heteroatoms. The molecule has 1 N–H and O–H groups in total. The number of rotatable bonds is 3. The van der Waals surface area contributed by atoms with Crippen molar-refractivity contribution in [3.8, 4) is 11.4 Å². The summed E-state index contributed by atoms with van der Waals surface area (Å²) in [6.07, 6.45) is 6.79. The van der Waals surface area contributed by atoms with E-state index in [1.165, 1.54) is 0 Å². The first-order chi connectivity index (χ1) is 9.42. The van der Waals surface area contributed by atoms with Crippen LogP contribution >= 0.6 is 0 Å².